The highest BCUT2D eigenvalue weighted by atomic mass is 16.2. The lowest BCUT2D eigenvalue weighted by Gasteiger charge is -2.34. The number of amides is 1. The third kappa shape index (κ3) is 4.68. The van der Waals surface area contributed by atoms with Crippen LogP contribution in [0.2, 0.25) is 0 Å². The second kappa shape index (κ2) is 8.81. The van der Waals surface area contributed by atoms with Crippen molar-refractivity contribution in [2.45, 2.75) is 32.2 Å². The summed E-state index contributed by atoms with van der Waals surface area (Å²) < 4.78 is 1.71. The van der Waals surface area contributed by atoms with Gasteiger partial charge in [-0.2, -0.15) is 5.10 Å². The number of anilines is 2. The van der Waals surface area contributed by atoms with Gasteiger partial charge >= 0.3 is 0 Å². The Labute approximate surface area is 174 Å². The van der Waals surface area contributed by atoms with Gasteiger partial charge in [0, 0.05) is 55.6 Å². The quantitative estimate of drug-likeness (QED) is 0.652. The molecule has 4 rings (SSSR count). The number of nitrogens with zero attached hydrogens (tertiary/aromatic N) is 7. The fourth-order valence-corrected chi connectivity index (χ4v) is 3.55. The van der Waals surface area contributed by atoms with E-state index in [1.165, 1.54) is 0 Å². The summed E-state index contributed by atoms with van der Waals surface area (Å²) >= 11 is 0. The van der Waals surface area contributed by atoms with Crippen molar-refractivity contribution in [1.29, 1.82) is 0 Å². The Balaban J connectivity index is 1.56. The zero-order valence-electron chi connectivity index (χ0n) is 17.1. The van der Waals surface area contributed by atoms with E-state index in [0.717, 1.165) is 30.5 Å². The smallest absolute Gasteiger partial charge is 0.247 e. The molecule has 9 heteroatoms. The average molecular weight is 404 g/mol. The van der Waals surface area contributed by atoms with Gasteiger partial charge < -0.3 is 10.2 Å². The highest BCUT2D eigenvalue weighted by Gasteiger charge is 2.29. The molecule has 4 heterocycles. The maximum atomic E-state index is 12.9. The summed E-state index contributed by atoms with van der Waals surface area (Å²) in [6, 6.07) is 1.70. The van der Waals surface area contributed by atoms with E-state index in [4.69, 9.17) is 0 Å². The second-order valence-corrected chi connectivity index (χ2v) is 7.29. The maximum Gasteiger partial charge on any atom is 0.247 e. The molecule has 30 heavy (non-hydrogen) atoms. The molecule has 0 aromatic carbocycles. The molecule has 0 aliphatic carbocycles. The van der Waals surface area contributed by atoms with Gasteiger partial charge in [-0.25, -0.2) is 15.0 Å². The van der Waals surface area contributed by atoms with Crippen molar-refractivity contribution in [1.82, 2.24) is 34.6 Å². The molecule has 3 aromatic heterocycles. The van der Waals surface area contributed by atoms with Crippen molar-refractivity contribution >= 4 is 23.6 Å². The van der Waals surface area contributed by atoms with Crippen LogP contribution >= 0.6 is 0 Å². The maximum absolute atomic E-state index is 12.9. The molecule has 1 fully saturated rings. The first-order valence-corrected chi connectivity index (χ1v) is 9.94. The number of rotatable bonds is 5. The molecule has 0 radical (unpaired) electrons. The molecule has 9 nitrogen and oxygen atoms in total. The molecule has 1 aliphatic rings. The van der Waals surface area contributed by atoms with Crippen molar-refractivity contribution in [3.8, 4) is 0 Å². The number of nitrogens with one attached hydrogen (secondary N) is 1. The van der Waals surface area contributed by atoms with Crippen LogP contribution in [0.15, 0.2) is 43.1 Å². The number of hydrogen-bond donors (Lipinski definition) is 1. The van der Waals surface area contributed by atoms with Gasteiger partial charge in [0.1, 0.15) is 11.6 Å². The molecular formula is C21H24N8O. The number of aryl methyl sites for hydroxylation is 2. The lowest BCUT2D eigenvalue weighted by molar-refractivity contribution is -0.129. The largest absolute Gasteiger partial charge is 0.329 e. The third-order valence-electron chi connectivity index (χ3n) is 4.92. The number of carbonyl (C=O) groups is 1. The zero-order valence-corrected chi connectivity index (χ0v) is 17.1. The summed E-state index contributed by atoms with van der Waals surface area (Å²) in [7, 11) is 1.85. The number of carbonyl (C=O) groups excluding carboxylic acids is 1. The molecule has 1 N–H and O–H groups in total. The minimum atomic E-state index is -0.160. The summed E-state index contributed by atoms with van der Waals surface area (Å²) in [4.78, 5) is 32.4. The molecule has 0 unspecified atom stereocenters. The van der Waals surface area contributed by atoms with E-state index in [-0.39, 0.29) is 11.9 Å². The van der Waals surface area contributed by atoms with Crippen LogP contribution in [0, 0.1) is 6.92 Å². The van der Waals surface area contributed by atoms with Crippen molar-refractivity contribution < 1.29 is 4.79 Å². The van der Waals surface area contributed by atoms with E-state index < -0.39 is 0 Å². The van der Waals surface area contributed by atoms with Crippen molar-refractivity contribution in [3.63, 3.8) is 0 Å². The van der Waals surface area contributed by atoms with Crippen LogP contribution in [-0.4, -0.2) is 47.1 Å². The normalized spacial score (nSPS) is 16.7. The fraction of sp³-hybridized carbons (Fsp3) is 0.333. The summed E-state index contributed by atoms with van der Waals surface area (Å²) in [5.74, 6) is 1.85. The van der Waals surface area contributed by atoms with Gasteiger partial charge in [-0.15, -0.1) is 0 Å². The molecule has 0 bridgehead atoms. The molecule has 1 aliphatic heterocycles. The minimum Gasteiger partial charge on any atom is -0.329 e. The van der Waals surface area contributed by atoms with E-state index >= 15 is 0 Å². The lowest BCUT2D eigenvalue weighted by Crippen LogP contribution is -2.38. The average Bonchev–Trinajstić information content (AvgIpc) is 3.17. The topological polar surface area (TPSA) is 102 Å². The molecule has 1 amide bonds. The number of aromatic nitrogens is 6. The summed E-state index contributed by atoms with van der Waals surface area (Å²) in [5.41, 5.74) is 1.72. The van der Waals surface area contributed by atoms with Crippen LogP contribution in [-0.2, 0) is 11.8 Å². The predicted molar refractivity (Wildman–Crippen MR) is 113 cm³/mol. The highest BCUT2D eigenvalue weighted by Crippen LogP contribution is 2.30. The Morgan fingerprint density at radius 3 is 2.87 bits per heavy atom. The zero-order chi connectivity index (χ0) is 20.9. The fourth-order valence-electron chi connectivity index (χ4n) is 3.55. The van der Waals surface area contributed by atoms with Crippen molar-refractivity contribution in [3.05, 3.63) is 60.2 Å². The van der Waals surface area contributed by atoms with E-state index in [2.05, 4.69) is 30.4 Å². The van der Waals surface area contributed by atoms with E-state index in [1.54, 1.807) is 41.6 Å². The van der Waals surface area contributed by atoms with E-state index in [0.29, 0.717) is 24.0 Å². The Kier molecular flexibility index (Phi) is 5.78. The molecule has 0 saturated carbocycles. The molecule has 3 aromatic rings. The standard InChI is InChI=1S/C21H24N8O/c1-15-11-18(26-19-13-22-8-9-23-19)27-21(25-15)17-5-3-4-10-29(17)20(30)7-6-16-12-24-28(2)14-16/h6-9,11-14,17H,3-5,10H2,1-2H3,(H,23,25,26,27)/b7-6+/t17-/m0/s1. The van der Waals surface area contributed by atoms with Gasteiger partial charge in [0.2, 0.25) is 5.91 Å². The third-order valence-corrected chi connectivity index (χ3v) is 4.92. The summed E-state index contributed by atoms with van der Waals surface area (Å²) in [5, 5.41) is 7.29. The Morgan fingerprint density at radius 1 is 1.20 bits per heavy atom. The van der Waals surface area contributed by atoms with Crippen LogP contribution in [0.4, 0.5) is 11.6 Å². The van der Waals surface area contributed by atoms with Gasteiger partial charge in [0.05, 0.1) is 18.4 Å². The first-order valence-electron chi connectivity index (χ1n) is 9.94. The SMILES string of the molecule is Cc1cc(Nc2cnccn2)nc([C@@H]2CCCCN2C(=O)/C=C/c2cnn(C)c2)n1. The monoisotopic (exact) mass is 404 g/mol. The first-order chi connectivity index (χ1) is 14.6. The summed E-state index contributed by atoms with van der Waals surface area (Å²) in [6.07, 6.45) is 14.7. The van der Waals surface area contributed by atoms with E-state index in [9.17, 15) is 4.79 Å². The van der Waals surface area contributed by atoms with Crippen LogP contribution in [0.25, 0.3) is 6.08 Å². The Hall–Kier alpha value is -3.62. The molecule has 154 valence electrons. The number of piperidine rings is 1. The molecular weight excluding hydrogens is 380 g/mol. The van der Waals surface area contributed by atoms with Gasteiger partial charge in [-0.3, -0.25) is 14.5 Å². The highest BCUT2D eigenvalue weighted by molar-refractivity contribution is 5.92. The van der Waals surface area contributed by atoms with Gasteiger partial charge in [-0.05, 0) is 32.3 Å². The number of hydrogen-bond acceptors (Lipinski definition) is 7. The molecule has 1 saturated heterocycles. The Bertz CT molecular complexity index is 1050. The van der Waals surface area contributed by atoms with Crippen molar-refractivity contribution in [2.24, 2.45) is 7.05 Å². The van der Waals surface area contributed by atoms with Gasteiger partial charge in [0.25, 0.3) is 0 Å². The van der Waals surface area contributed by atoms with E-state index in [1.807, 2.05) is 31.1 Å². The predicted octanol–water partition coefficient (Wildman–Crippen LogP) is 2.82. The lowest BCUT2D eigenvalue weighted by atomic mass is 10.0. The van der Waals surface area contributed by atoms with Crippen LogP contribution in [0.3, 0.4) is 0 Å². The van der Waals surface area contributed by atoms with Gasteiger partial charge in [-0.1, -0.05) is 0 Å². The Morgan fingerprint density at radius 2 is 2.10 bits per heavy atom. The summed E-state index contributed by atoms with van der Waals surface area (Å²) in [6.45, 7) is 2.61. The van der Waals surface area contributed by atoms with Crippen LogP contribution in [0.5, 0.6) is 0 Å². The van der Waals surface area contributed by atoms with Crippen molar-refractivity contribution in [2.75, 3.05) is 11.9 Å². The minimum absolute atomic E-state index is 0.0444. The molecule has 0 spiro atoms. The molecule has 1 atom stereocenters. The second-order valence-electron chi connectivity index (χ2n) is 7.29. The van der Waals surface area contributed by atoms with Crippen LogP contribution in [0.1, 0.15) is 42.4 Å². The first kappa shape index (κ1) is 19.7. The number of likely N-dealkylation sites (tertiary alicyclic amines) is 1. The van der Waals surface area contributed by atoms with Crippen LogP contribution < -0.4 is 5.32 Å². The van der Waals surface area contributed by atoms with Gasteiger partial charge in [0.15, 0.2) is 5.82 Å².